The lowest BCUT2D eigenvalue weighted by atomic mass is 10.2. The van der Waals surface area contributed by atoms with Gasteiger partial charge >= 0.3 is 0 Å². The van der Waals surface area contributed by atoms with Crippen molar-refractivity contribution in [3.63, 3.8) is 0 Å². The minimum absolute atomic E-state index is 0.00826. The van der Waals surface area contributed by atoms with Crippen LogP contribution in [0.4, 0.5) is 10.1 Å². The lowest BCUT2D eigenvalue weighted by Gasteiger charge is -2.09. The van der Waals surface area contributed by atoms with E-state index < -0.39 is 15.8 Å². The number of rotatable bonds is 6. The van der Waals surface area contributed by atoms with Crippen molar-refractivity contribution in [3.8, 4) is 0 Å². The third-order valence-electron chi connectivity index (χ3n) is 3.89. The van der Waals surface area contributed by atoms with E-state index in [0.717, 1.165) is 17.7 Å². The molecule has 0 spiro atoms. The molecule has 0 atom stereocenters. The molecule has 0 aliphatic rings. The molecule has 0 fully saturated rings. The highest BCUT2D eigenvalue weighted by Gasteiger charge is 2.15. The molecule has 2 N–H and O–H groups in total. The van der Waals surface area contributed by atoms with Crippen LogP contribution in [0.25, 0.3) is 0 Å². The van der Waals surface area contributed by atoms with Crippen molar-refractivity contribution >= 4 is 33.2 Å². The molecule has 0 heterocycles. The number of anilines is 1. The Balaban J connectivity index is 1.65. The second kappa shape index (κ2) is 8.41. The highest BCUT2D eigenvalue weighted by molar-refractivity contribution is 7.92. The van der Waals surface area contributed by atoms with Gasteiger partial charge in [-0.2, -0.15) is 0 Å². The van der Waals surface area contributed by atoms with Crippen molar-refractivity contribution in [2.45, 2.75) is 11.4 Å². The SMILES string of the molecule is O=C(NCc1ccc(Cl)cc1)c1ccc(S(=O)(=O)Nc2ccc(F)cc2)cc1. The summed E-state index contributed by atoms with van der Waals surface area (Å²) in [6.45, 7) is 0.322. The first-order valence-electron chi connectivity index (χ1n) is 8.24. The molecule has 0 aliphatic heterocycles. The third kappa shape index (κ3) is 5.09. The molecule has 1 amide bonds. The topological polar surface area (TPSA) is 75.3 Å². The van der Waals surface area contributed by atoms with Crippen molar-refractivity contribution in [1.29, 1.82) is 0 Å². The number of benzene rings is 3. The molecular weight excluding hydrogens is 403 g/mol. The molecule has 144 valence electrons. The van der Waals surface area contributed by atoms with Gasteiger partial charge in [0.25, 0.3) is 15.9 Å². The number of hydrogen-bond acceptors (Lipinski definition) is 3. The predicted octanol–water partition coefficient (Wildman–Crippen LogP) is 4.21. The summed E-state index contributed by atoms with van der Waals surface area (Å²) in [4.78, 5) is 12.2. The van der Waals surface area contributed by atoms with Crippen LogP contribution in [-0.4, -0.2) is 14.3 Å². The second-order valence-corrected chi connectivity index (χ2v) is 8.06. The van der Waals surface area contributed by atoms with Gasteiger partial charge in [-0.05, 0) is 66.2 Å². The first-order chi connectivity index (χ1) is 13.3. The molecule has 0 saturated carbocycles. The monoisotopic (exact) mass is 418 g/mol. The molecule has 0 radical (unpaired) electrons. The van der Waals surface area contributed by atoms with E-state index >= 15 is 0 Å². The largest absolute Gasteiger partial charge is 0.348 e. The highest BCUT2D eigenvalue weighted by Crippen LogP contribution is 2.17. The summed E-state index contributed by atoms with van der Waals surface area (Å²) >= 11 is 5.82. The number of sulfonamides is 1. The minimum Gasteiger partial charge on any atom is -0.348 e. The van der Waals surface area contributed by atoms with E-state index in [1.807, 2.05) is 0 Å². The van der Waals surface area contributed by atoms with Gasteiger partial charge in [0.05, 0.1) is 4.90 Å². The Hall–Kier alpha value is -2.90. The van der Waals surface area contributed by atoms with E-state index in [9.17, 15) is 17.6 Å². The van der Waals surface area contributed by atoms with Crippen molar-refractivity contribution in [3.05, 3.63) is 94.8 Å². The molecular formula is C20H16ClFN2O3S. The van der Waals surface area contributed by atoms with Crippen LogP contribution in [0.5, 0.6) is 0 Å². The van der Waals surface area contributed by atoms with Crippen LogP contribution in [0.1, 0.15) is 15.9 Å². The number of hydrogen-bond donors (Lipinski definition) is 2. The quantitative estimate of drug-likeness (QED) is 0.629. The highest BCUT2D eigenvalue weighted by atomic mass is 35.5. The molecule has 3 aromatic rings. The lowest BCUT2D eigenvalue weighted by molar-refractivity contribution is 0.0951. The molecule has 3 aromatic carbocycles. The summed E-state index contributed by atoms with van der Waals surface area (Å²) in [5, 5.41) is 3.37. The van der Waals surface area contributed by atoms with E-state index in [2.05, 4.69) is 10.0 Å². The molecule has 0 bridgehead atoms. The molecule has 0 unspecified atom stereocenters. The maximum absolute atomic E-state index is 12.9. The standard InChI is InChI=1S/C20H16ClFN2O3S/c21-16-5-1-14(2-6-16)13-23-20(25)15-3-11-19(12-4-15)28(26,27)24-18-9-7-17(22)8-10-18/h1-12,24H,13H2,(H,23,25). The Bertz CT molecular complexity index is 1070. The minimum atomic E-state index is -3.84. The molecule has 28 heavy (non-hydrogen) atoms. The number of halogens is 2. The summed E-state index contributed by atoms with van der Waals surface area (Å²) in [6.07, 6.45) is 0. The average molecular weight is 419 g/mol. The summed E-state index contributed by atoms with van der Waals surface area (Å²) in [7, 11) is -3.84. The van der Waals surface area contributed by atoms with Gasteiger partial charge in [-0.15, -0.1) is 0 Å². The third-order valence-corrected chi connectivity index (χ3v) is 5.54. The zero-order valence-corrected chi connectivity index (χ0v) is 16.1. The van der Waals surface area contributed by atoms with Gasteiger partial charge in [0.15, 0.2) is 0 Å². The van der Waals surface area contributed by atoms with Gasteiger partial charge in [0, 0.05) is 22.8 Å². The van der Waals surface area contributed by atoms with E-state index in [1.54, 1.807) is 24.3 Å². The van der Waals surface area contributed by atoms with Gasteiger partial charge in [0.1, 0.15) is 5.82 Å². The van der Waals surface area contributed by atoms with Gasteiger partial charge in [-0.1, -0.05) is 23.7 Å². The molecule has 5 nitrogen and oxygen atoms in total. The Labute approximate surface area is 167 Å². The fourth-order valence-corrected chi connectivity index (χ4v) is 3.59. The van der Waals surface area contributed by atoms with Crippen molar-refractivity contribution in [1.82, 2.24) is 5.32 Å². The van der Waals surface area contributed by atoms with E-state index in [0.29, 0.717) is 17.1 Å². The van der Waals surface area contributed by atoms with E-state index in [-0.39, 0.29) is 16.5 Å². The number of amides is 1. The van der Waals surface area contributed by atoms with Gasteiger partial charge < -0.3 is 5.32 Å². The van der Waals surface area contributed by atoms with Crippen LogP contribution < -0.4 is 10.0 Å². The molecule has 8 heteroatoms. The molecule has 0 saturated heterocycles. The average Bonchev–Trinajstić information content (AvgIpc) is 2.69. The summed E-state index contributed by atoms with van der Waals surface area (Å²) in [5.41, 5.74) is 1.46. The number of carbonyl (C=O) groups is 1. The van der Waals surface area contributed by atoms with Crippen molar-refractivity contribution in [2.24, 2.45) is 0 Å². The molecule has 0 aromatic heterocycles. The summed E-state index contributed by atoms with van der Waals surface area (Å²) in [6, 6.07) is 17.6. The van der Waals surface area contributed by atoms with Gasteiger partial charge in [0.2, 0.25) is 0 Å². The Kier molecular flexibility index (Phi) is 5.96. The first-order valence-corrected chi connectivity index (χ1v) is 10.1. The zero-order valence-electron chi connectivity index (χ0n) is 14.5. The van der Waals surface area contributed by atoms with Crippen molar-refractivity contribution in [2.75, 3.05) is 4.72 Å². The maximum Gasteiger partial charge on any atom is 0.261 e. The lowest BCUT2D eigenvalue weighted by Crippen LogP contribution is -2.22. The fraction of sp³-hybridized carbons (Fsp3) is 0.0500. The Morgan fingerprint density at radius 3 is 2.11 bits per heavy atom. The Morgan fingerprint density at radius 2 is 1.50 bits per heavy atom. The number of nitrogens with one attached hydrogen (secondary N) is 2. The maximum atomic E-state index is 12.9. The van der Waals surface area contributed by atoms with Gasteiger partial charge in [-0.3, -0.25) is 9.52 Å². The van der Waals surface area contributed by atoms with Crippen LogP contribution in [0, 0.1) is 5.82 Å². The van der Waals surface area contributed by atoms with Crippen molar-refractivity contribution < 1.29 is 17.6 Å². The van der Waals surface area contributed by atoms with Crippen LogP contribution in [0.2, 0.25) is 5.02 Å². The van der Waals surface area contributed by atoms with Crippen LogP contribution in [0.3, 0.4) is 0 Å². The molecule has 0 aliphatic carbocycles. The normalized spacial score (nSPS) is 11.1. The zero-order chi connectivity index (χ0) is 20.1. The predicted molar refractivity (Wildman–Crippen MR) is 106 cm³/mol. The fourth-order valence-electron chi connectivity index (χ4n) is 2.40. The molecule has 3 rings (SSSR count). The Morgan fingerprint density at radius 1 is 0.893 bits per heavy atom. The van der Waals surface area contributed by atoms with Crippen LogP contribution in [0.15, 0.2) is 77.7 Å². The smallest absolute Gasteiger partial charge is 0.261 e. The summed E-state index contributed by atoms with van der Waals surface area (Å²) in [5.74, 6) is -0.790. The number of carbonyl (C=O) groups excluding carboxylic acids is 1. The second-order valence-electron chi connectivity index (χ2n) is 5.95. The van der Waals surface area contributed by atoms with Crippen LogP contribution in [-0.2, 0) is 16.6 Å². The van der Waals surface area contributed by atoms with E-state index in [1.165, 1.54) is 36.4 Å². The van der Waals surface area contributed by atoms with E-state index in [4.69, 9.17) is 11.6 Å². The van der Waals surface area contributed by atoms with Crippen LogP contribution >= 0.6 is 11.6 Å². The van der Waals surface area contributed by atoms with Gasteiger partial charge in [-0.25, -0.2) is 12.8 Å². The summed E-state index contributed by atoms with van der Waals surface area (Å²) < 4.78 is 40.1. The first kappa shape index (κ1) is 19.9.